The maximum Gasteiger partial charge on any atom is 0.344 e. The van der Waals surface area contributed by atoms with E-state index in [1.807, 2.05) is 0 Å². The maximum atomic E-state index is 12.4. The molecule has 0 aliphatic rings. The number of nitrogens with zero attached hydrogens (tertiary/aromatic N) is 1. The van der Waals surface area contributed by atoms with Crippen LogP contribution in [-0.2, 0) is 9.53 Å². The lowest BCUT2D eigenvalue weighted by Crippen LogP contribution is -2.27. The van der Waals surface area contributed by atoms with Crippen molar-refractivity contribution in [1.82, 2.24) is 4.98 Å². The molecule has 9 heteroatoms. The molecule has 4 N–H and O–H groups in total. The fraction of sp³-hybridized carbons (Fsp3) is 0.238. The highest BCUT2D eigenvalue weighted by atomic mass is 16.6. The number of anilines is 1. The lowest BCUT2D eigenvalue weighted by Gasteiger charge is -2.19. The van der Waals surface area contributed by atoms with Crippen LogP contribution in [0.2, 0.25) is 0 Å². The zero-order valence-corrected chi connectivity index (χ0v) is 16.8. The molecule has 0 saturated heterocycles. The molecule has 0 radical (unpaired) electrons. The van der Waals surface area contributed by atoms with E-state index in [0.717, 1.165) is 0 Å². The van der Waals surface area contributed by atoms with E-state index in [1.165, 1.54) is 12.3 Å². The Morgan fingerprint density at radius 2 is 1.90 bits per heavy atom. The summed E-state index contributed by atoms with van der Waals surface area (Å²) in [5.74, 6) is -0.510. The minimum absolute atomic E-state index is 0.0726. The van der Waals surface area contributed by atoms with E-state index in [1.54, 1.807) is 51.1 Å². The fourth-order valence-electron chi connectivity index (χ4n) is 2.53. The summed E-state index contributed by atoms with van der Waals surface area (Å²) in [4.78, 5) is 28.2. The van der Waals surface area contributed by atoms with Crippen LogP contribution in [0, 0.1) is 5.41 Å². The number of fused-ring (bicyclic) bond motifs is 1. The lowest BCUT2D eigenvalue weighted by atomic mass is 10.2. The van der Waals surface area contributed by atoms with Crippen LogP contribution in [0.15, 0.2) is 47.0 Å². The van der Waals surface area contributed by atoms with Gasteiger partial charge in [-0.3, -0.25) is 10.2 Å². The lowest BCUT2D eigenvalue weighted by molar-refractivity contribution is -0.157. The average Bonchev–Trinajstić information content (AvgIpc) is 3.09. The van der Waals surface area contributed by atoms with Gasteiger partial charge in [-0.2, -0.15) is 0 Å². The smallest absolute Gasteiger partial charge is 0.344 e. The Kier molecular flexibility index (Phi) is 5.72. The summed E-state index contributed by atoms with van der Waals surface area (Å²) < 4.78 is 16.0. The van der Waals surface area contributed by atoms with Gasteiger partial charge < -0.3 is 24.9 Å². The van der Waals surface area contributed by atoms with Crippen LogP contribution >= 0.6 is 0 Å². The maximum absolute atomic E-state index is 12.4. The molecule has 1 aromatic carbocycles. The highest BCUT2D eigenvalue weighted by molar-refractivity contribution is 6.05. The fourth-order valence-corrected chi connectivity index (χ4v) is 2.53. The molecule has 3 rings (SSSR count). The zero-order valence-electron chi connectivity index (χ0n) is 16.8. The van der Waals surface area contributed by atoms with Crippen LogP contribution in [0.1, 0.15) is 36.9 Å². The van der Waals surface area contributed by atoms with Gasteiger partial charge in [0, 0.05) is 22.8 Å². The van der Waals surface area contributed by atoms with E-state index in [4.69, 9.17) is 25.0 Å². The Hall–Kier alpha value is -3.88. The number of hydrogen-bond donors (Lipinski definition) is 3. The van der Waals surface area contributed by atoms with E-state index in [9.17, 15) is 9.59 Å². The van der Waals surface area contributed by atoms with Crippen LogP contribution in [0.25, 0.3) is 11.1 Å². The first-order valence-corrected chi connectivity index (χ1v) is 9.11. The van der Waals surface area contributed by atoms with E-state index in [-0.39, 0.29) is 23.9 Å². The van der Waals surface area contributed by atoms with Gasteiger partial charge in [0.05, 0.1) is 0 Å². The van der Waals surface area contributed by atoms with E-state index >= 15 is 0 Å². The van der Waals surface area contributed by atoms with Gasteiger partial charge in [-0.05, 0) is 57.2 Å². The zero-order chi connectivity index (χ0) is 21.9. The number of amides is 1. The van der Waals surface area contributed by atoms with Gasteiger partial charge in [0.1, 0.15) is 17.2 Å². The summed E-state index contributed by atoms with van der Waals surface area (Å²) in [5.41, 5.74) is 6.11. The SMILES string of the molecule is CC(C)(C)OC(=O)COc1ccc(NC(=O)c2cc3cc(C(=N)N)cnc3o2)cc1. The molecule has 0 fully saturated rings. The van der Waals surface area contributed by atoms with Gasteiger partial charge in [-0.15, -0.1) is 0 Å². The number of nitrogens with one attached hydrogen (secondary N) is 2. The van der Waals surface area contributed by atoms with Crippen molar-refractivity contribution in [2.24, 2.45) is 5.73 Å². The van der Waals surface area contributed by atoms with Crippen molar-refractivity contribution in [1.29, 1.82) is 5.41 Å². The third kappa shape index (κ3) is 5.34. The van der Waals surface area contributed by atoms with Gasteiger partial charge in [0.15, 0.2) is 12.4 Å². The first-order valence-electron chi connectivity index (χ1n) is 9.11. The number of pyridine rings is 1. The Labute approximate surface area is 172 Å². The molecule has 0 saturated carbocycles. The van der Waals surface area contributed by atoms with Crippen molar-refractivity contribution >= 4 is 34.5 Å². The van der Waals surface area contributed by atoms with Crippen molar-refractivity contribution in [3.8, 4) is 5.75 Å². The summed E-state index contributed by atoms with van der Waals surface area (Å²) in [6, 6.07) is 9.68. The standard InChI is InChI=1S/C21H22N4O5/c1-21(2,3)30-17(26)11-28-15-6-4-14(5-7-15)25-19(27)16-9-12-8-13(18(22)23)10-24-20(12)29-16/h4-10H,11H2,1-3H3,(H3,22,23)(H,25,27). The van der Waals surface area contributed by atoms with Gasteiger partial charge in [-0.1, -0.05) is 0 Å². The highest BCUT2D eigenvalue weighted by Crippen LogP contribution is 2.21. The second-order valence-electron chi connectivity index (χ2n) is 7.50. The second kappa shape index (κ2) is 8.24. The minimum Gasteiger partial charge on any atom is -0.482 e. The number of nitrogen functional groups attached to an aromatic ring is 1. The van der Waals surface area contributed by atoms with Gasteiger partial charge in [0.25, 0.3) is 5.91 Å². The van der Waals surface area contributed by atoms with Crippen LogP contribution in [0.4, 0.5) is 5.69 Å². The third-order valence-electron chi connectivity index (χ3n) is 3.80. The van der Waals surface area contributed by atoms with Crippen molar-refractivity contribution in [2.75, 3.05) is 11.9 Å². The molecule has 0 bridgehead atoms. The molecule has 30 heavy (non-hydrogen) atoms. The number of ether oxygens (including phenoxy) is 2. The highest BCUT2D eigenvalue weighted by Gasteiger charge is 2.17. The van der Waals surface area contributed by atoms with Crippen LogP contribution in [-0.4, -0.2) is 34.9 Å². The predicted octanol–water partition coefficient (Wildman–Crippen LogP) is 3.08. The Morgan fingerprint density at radius 1 is 1.20 bits per heavy atom. The largest absolute Gasteiger partial charge is 0.482 e. The molecule has 3 aromatic rings. The summed E-state index contributed by atoms with van der Waals surface area (Å²) >= 11 is 0. The van der Waals surface area contributed by atoms with Crippen molar-refractivity contribution in [3.05, 3.63) is 53.9 Å². The van der Waals surface area contributed by atoms with E-state index in [2.05, 4.69) is 10.3 Å². The molecule has 0 spiro atoms. The van der Waals surface area contributed by atoms with Gasteiger partial charge in [-0.25, -0.2) is 9.78 Å². The molecule has 0 aliphatic heterocycles. The second-order valence-corrected chi connectivity index (χ2v) is 7.50. The summed E-state index contributed by atoms with van der Waals surface area (Å²) in [7, 11) is 0. The Balaban J connectivity index is 1.61. The number of benzene rings is 1. The summed E-state index contributed by atoms with van der Waals surface area (Å²) in [6.45, 7) is 5.13. The van der Waals surface area contributed by atoms with Crippen molar-refractivity contribution in [2.45, 2.75) is 26.4 Å². The molecule has 2 aromatic heterocycles. The van der Waals surface area contributed by atoms with Crippen LogP contribution < -0.4 is 15.8 Å². The molecule has 0 aliphatic carbocycles. The van der Waals surface area contributed by atoms with Gasteiger partial charge >= 0.3 is 5.97 Å². The Bertz CT molecular complexity index is 1100. The minimum atomic E-state index is -0.575. The van der Waals surface area contributed by atoms with E-state index < -0.39 is 17.5 Å². The third-order valence-corrected chi connectivity index (χ3v) is 3.80. The number of hydrogen-bond acceptors (Lipinski definition) is 7. The van der Waals surface area contributed by atoms with Crippen molar-refractivity contribution in [3.63, 3.8) is 0 Å². The predicted molar refractivity (Wildman–Crippen MR) is 111 cm³/mol. The van der Waals surface area contributed by atoms with Crippen LogP contribution in [0.3, 0.4) is 0 Å². The number of carbonyl (C=O) groups excluding carboxylic acids is 2. The number of furan rings is 1. The molecule has 0 unspecified atom stereocenters. The first-order chi connectivity index (χ1) is 14.1. The number of nitrogens with two attached hydrogens (primary N) is 1. The van der Waals surface area contributed by atoms with Crippen LogP contribution in [0.5, 0.6) is 5.75 Å². The normalized spacial score (nSPS) is 11.2. The molecule has 2 heterocycles. The number of aromatic nitrogens is 1. The molecule has 1 amide bonds. The molecular formula is C21H22N4O5. The average molecular weight is 410 g/mol. The quantitative estimate of drug-likeness (QED) is 0.322. The molecule has 0 atom stereocenters. The summed E-state index contributed by atoms with van der Waals surface area (Å²) in [6.07, 6.45) is 1.41. The number of esters is 1. The summed E-state index contributed by atoms with van der Waals surface area (Å²) in [5, 5.41) is 10.7. The van der Waals surface area contributed by atoms with Crippen molar-refractivity contribution < 1.29 is 23.5 Å². The molecule has 156 valence electrons. The molecular weight excluding hydrogens is 388 g/mol. The first kappa shape index (κ1) is 20.8. The monoisotopic (exact) mass is 410 g/mol. The topological polar surface area (TPSA) is 141 Å². The van der Waals surface area contributed by atoms with Gasteiger partial charge in [0.2, 0.25) is 5.71 Å². The van der Waals surface area contributed by atoms with E-state index in [0.29, 0.717) is 22.4 Å². The molecule has 9 nitrogen and oxygen atoms in total. The number of rotatable bonds is 6. The number of carbonyl (C=O) groups is 2. The Morgan fingerprint density at radius 3 is 2.53 bits per heavy atom. The number of amidine groups is 1.